The van der Waals surface area contributed by atoms with Crippen LogP contribution in [0.2, 0.25) is 0 Å². The molecular weight excluding hydrogens is 176 g/mol. The predicted octanol–water partition coefficient (Wildman–Crippen LogP) is 1.63. The van der Waals surface area contributed by atoms with E-state index in [9.17, 15) is 5.11 Å². The van der Waals surface area contributed by atoms with Crippen molar-refractivity contribution in [1.82, 2.24) is 4.90 Å². The Labute approximate surface area is 87.3 Å². The average molecular weight is 198 g/mol. The van der Waals surface area contributed by atoms with Gasteiger partial charge in [-0.2, -0.15) is 5.26 Å². The number of hydrogen-bond donors (Lipinski definition) is 1. The van der Waals surface area contributed by atoms with Crippen molar-refractivity contribution < 1.29 is 5.11 Å². The summed E-state index contributed by atoms with van der Waals surface area (Å²) in [6.07, 6.45) is 0. The van der Waals surface area contributed by atoms with Gasteiger partial charge in [0.15, 0.2) is 0 Å². The van der Waals surface area contributed by atoms with Gasteiger partial charge in [0, 0.05) is 12.6 Å². The zero-order valence-electron chi connectivity index (χ0n) is 9.91. The van der Waals surface area contributed by atoms with Crippen LogP contribution in [0.4, 0.5) is 0 Å². The molecule has 0 amide bonds. The molecule has 0 aromatic heterocycles. The Bertz CT molecular complexity index is 204. The van der Waals surface area contributed by atoms with Crippen molar-refractivity contribution in [1.29, 1.82) is 5.26 Å². The highest BCUT2D eigenvalue weighted by atomic mass is 16.3. The van der Waals surface area contributed by atoms with Crippen molar-refractivity contribution in [2.45, 2.75) is 46.3 Å². The Balaban J connectivity index is 4.37. The molecule has 1 atom stereocenters. The van der Waals surface area contributed by atoms with E-state index in [2.05, 4.69) is 6.07 Å². The molecule has 0 fully saturated rings. The lowest BCUT2D eigenvalue weighted by Crippen LogP contribution is -2.47. The van der Waals surface area contributed by atoms with Crippen LogP contribution in [0.5, 0.6) is 0 Å². The fourth-order valence-electron chi connectivity index (χ4n) is 1.11. The van der Waals surface area contributed by atoms with E-state index in [1.165, 1.54) is 0 Å². The van der Waals surface area contributed by atoms with Crippen LogP contribution in [0.15, 0.2) is 0 Å². The molecule has 0 aliphatic heterocycles. The molecule has 0 saturated carbocycles. The van der Waals surface area contributed by atoms with Crippen LogP contribution < -0.4 is 0 Å². The van der Waals surface area contributed by atoms with E-state index in [-0.39, 0.29) is 5.92 Å². The Morgan fingerprint density at radius 2 is 1.86 bits per heavy atom. The van der Waals surface area contributed by atoms with Gasteiger partial charge in [-0.1, -0.05) is 13.8 Å². The zero-order chi connectivity index (χ0) is 11.4. The standard InChI is InChI=1S/C11H22N2O/c1-9(2)11(5,14)8-13(7-6-12)10(3)4/h9-10,14H,7-8H2,1-5H3. The molecule has 0 spiro atoms. The van der Waals surface area contributed by atoms with Crippen LogP contribution in [0, 0.1) is 17.2 Å². The van der Waals surface area contributed by atoms with Crippen LogP contribution in [0.25, 0.3) is 0 Å². The predicted molar refractivity (Wildman–Crippen MR) is 57.8 cm³/mol. The lowest BCUT2D eigenvalue weighted by Gasteiger charge is -2.35. The highest BCUT2D eigenvalue weighted by Crippen LogP contribution is 2.18. The molecule has 0 rings (SSSR count). The van der Waals surface area contributed by atoms with Crippen molar-refractivity contribution in [3.8, 4) is 6.07 Å². The average Bonchev–Trinajstić information content (AvgIpc) is 2.02. The molecular formula is C11H22N2O. The minimum atomic E-state index is -0.721. The number of nitriles is 1. The molecule has 0 aromatic carbocycles. The van der Waals surface area contributed by atoms with E-state index in [0.717, 1.165) is 0 Å². The van der Waals surface area contributed by atoms with Crippen LogP contribution >= 0.6 is 0 Å². The highest BCUT2D eigenvalue weighted by Gasteiger charge is 2.28. The normalized spacial score (nSPS) is 16.0. The quantitative estimate of drug-likeness (QED) is 0.683. The maximum absolute atomic E-state index is 10.1. The van der Waals surface area contributed by atoms with Crippen molar-refractivity contribution >= 4 is 0 Å². The lowest BCUT2D eigenvalue weighted by atomic mass is 9.91. The van der Waals surface area contributed by atoms with Gasteiger partial charge >= 0.3 is 0 Å². The van der Waals surface area contributed by atoms with Crippen LogP contribution in [-0.4, -0.2) is 34.7 Å². The van der Waals surface area contributed by atoms with E-state index >= 15 is 0 Å². The maximum Gasteiger partial charge on any atom is 0.0869 e. The highest BCUT2D eigenvalue weighted by molar-refractivity contribution is 4.86. The Kier molecular flexibility index (Phi) is 5.11. The van der Waals surface area contributed by atoms with E-state index in [1.54, 1.807) is 0 Å². The molecule has 0 radical (unpaired) electrons. The molecule has 0 saturated heterocycles. The first kappa shape index (κ1) is 13.4. The summed E-state index contributed by atoms with van der Waals surface area (Å²) < 4.78 is 0. The van der Waals surface area contributed by atoms with Gasteiger partial charge in [-0.05, 0) is 26.7 Å². The number of aliphatic hydroxyl groups is 1. The Morgan fingerprint density at radius 3 is 2.14 bits per heavy atom. The van der Waals surface area contributed by atoms with Gasteiger partial charge in [0.05, 0.1) is 18.2 Å². The first-order valence-corrected chi connectivity index (χ1v) is 5.14. The summed E-state index contributed by atoms with van der Waals surface area (Å²) in [4.78, 5) is 1.99. The molecule has 82 valence electrons. The molecule has 0 bridgehead atoms. The summed E-state index contributed by atoms with van der Waals surface area (Å²) in [6, 6.07) is 2.42. The molecule has 0 aliphatic rings. The molecule has 0 heterocycles. The number of hydrogen-bond acceptors (Lipinski definition) is 3. The maximum atomic E-state index is 10.1. The van der Waals surface area contributed by atoms with Crippen molar-refractivity contribution in [3.63, 3.8) is 0 Å². The summed E-state index contributed by atoms with van der Waals surface area (Å²) >= 11 is 0. The largest absolute Gasteiger partial charge is 0.389 e. The van der Waals surface area contributed by atoms with Gasteiger partial charge in [0.2, 0.25) is 0 Å². The number of nitrogens with zero attached hydrogens (tertiary/aromatic N) is 2. The van der Waals surface area contributed by atoms with Crippen LogP contribution in [0.1, 0.15) is 34.6 Å². The molecule has 0 aromatic rings. The van der Waals surface area contributed by atoms with Crippen LogP contribution in [0.3, 0.4) is 0 Å². The minimum absolute atomic E-state index is 0.197. The lowest BCUT2D eigenvalue weighted by molar-refractivity contribution is -0.0225. The van der Waals surface area contributed by atoms with Crippen molar-refractivity contribution in [2.24, 2.45) is 5.92 Å². The molecule has 14 heavy (non-hydrogen) atoms. The second-order valence-corrected chi connectivity index (χ2v) is 4.67. The molecule has 1 N–H and O–H groups in total. The second-order valence-electron chi connectivity index (χ2n) is 4.67. The third kappa shape index (κ3) is 4.08. The third-order valence-electron chi connectivity index (χ3n) is 2.77. The fourth-order valence-corrected chi connectivity index (χ4v) is 1.11. The first-order valence-electron chi connectivity index (χ1n) is 5.14. The van der Waals surface area contributed by atoms with E-state index < -0.39 is 5.60 Å². The summed E-state index contributed by atoms with van der Waals surface area (Å²) in [5.74, 6) is 0.197. The van der Waals surface area contributed by atoms with Gasteiger partial charge in [0.25, 0.3) is 0 Å². The SMILES string of the molecule is CC(C)N(CC#N)CC(C)(O)C(C)C. The topological polar surface area (TPSA) is 47.3 Å². The summed E-state index contributed by atoms with van der Waals surface area (Å²) in [6.45, 7) is 10.8. The van der Waals surface area contributed by atoms with Gasteiger partial charge in [-0.3, -0.25) is 4.90 Å². The fraction of sp³-hybridized carbons (Fsp3) is 0.909. The van der Waals surface area contributed by atoms with Gasteiger partial charge < -0.3 is 5.11 Å². The van der Waals surface area contributed by atoms with Crippen LogP contribution in [-0.2, 0) is 0 Å². The smallest absolute Gasteiger partial charge is 0.0869 e. The molecule has 3 heteroatoms. The molecule has 0 aliphatic carbocycles. The van der Waals surface area contributed by atoms with E-state index in [4.69, 9.17) is 5.26 Å². The van der Waals surface area contributed by atoms with Crippen molar-refractivity contribution in [3.05, 3.63) is 0 Å². The Hall–Kier alpha value is -0.590. The molecule has 1 unspecified atom stereocenters. The summed E-state index contributed by atoms with van der Waals surface area (Å²) in [7, 11) is 0. The van der Waals surface area contributed by atoms with E-state index in [1.807, 2.05) is 39.5 Å². The monoisotopic (exact) mass is 198 g/mol. The zero-order valence-corrected chi connectivity index (χ0v) is 9.91. The summed E-state index contributed by atoms with van der Waals surface area (Å²) in [5, 5.41) is 18.7. The van der Waals surface area contributed by atoms with Gasteiger partial charge in [-0.15, -0.1) is 0 Å². The third-order valence-corrected chi connectivity index (χ3v) is 2.77. The Morgan fingerprint density at radius 1 is 1.36 bits per heavy atom. The van der Waals surface area contributed by atoms with E-state index in [0.29, 0.717) is 19.1 Å². The minimum Gasteiger partial charge on any atom is -0.389 e. The summed E-state index contributed by atoms with van der Waals surface area (Å²) in [5.41, 5.74) is -0.721. The van der Waals surface area contributed by atoms with Gasteiger partial charge in [-0.25, -0.2) is 0 Å². The second kappa shape index (κ2) is 5.33. The van der Waals surface area contributed by atoms with Gasteiger partial charge in [0.1, 0.15) is 0 Å². The van der Waals surface area contributed by atoms with Crippen molar-refractivity contribution in [2.75, 3.05) is 13.1 Å². The number of rotatable bonds is 5. The first-order chi connectivity index (χ1) is 6.31. The molecule has 3 nitrogen and oxygen atoms in total.